The summed E-state index contributed by atoms with van der Waals surface area (Å²) in [5.41, 5.74) is 7.22. The monoisotopic (exact) mass is 464 g/mol. The summed E-state index contributed by atoms with van der Waals surface area (Å²) < 4.78 is 5.73. The van der Waals surface area contributed by atoms with E-state index >= 15 is 0 Å². The van der Waals surface area contributed by atoms with Gasteiger partial charge in [-0.05, 0) is 38.2 Å². The van der Waals surface area contributed by atoms with Crippen LogP contribution in [0.25, 0.3) is 0 Å². The Morgan fingerprint density at radius 2 is 1.92 bits per heavy atom. The summed E-state index contributed by atoms with van der Waals surface area (Å²) in [5, 5.41) is 0. The molecule has 2 rings (SSSR count). The maximum absolute atomic E-state index is 6.07. The lowest BCUT2D eigenvalue weighted by atomic mass is 10.2. The zero-order valence-corrected chi connectivity index (χ0v) is 17.8. The predicted octanol–water partition coefficient (Wildman–Crippen LogP) is 2.50. The molecular weight excluding hydrogens is 435 g/mol. The molecule has 1 aromatic rings. The Morgan fingerprint density at radius 3 is 2.54 bits per heavy atom. The molecule has 136 valence electrons. The van der Waals surface area contributed by atoms with Crippen LogP contribution in [0, 0.1) is 0 Å². The number of ether oxygens (including phenoxy) is 1. The lowest BCUT2D eigenvalue weighted by Gasteiger charge is -2.27. The van der Waals surface area contributed by atoms with Gasteiger partial charge in [-0.25, -0.2) is 4.99 Å². The minimum atomic E-state index is 0. The Bertz CT molecular complexity index is 490. The fraction of sp³-hybridized carbons (Fsp3) is 0.588. The zero-order chi connectivity index (χ0) is 16.5. The van der Waals surface area contributed by atoms with Crippen LogP contribution in [-0.4, -0.2) is 67.6 Å². The maximum Gasteiger partial charge on any atom is 0.191 e. The smallest absolute Gasteiger partial charge is 0.191 e. The van der Waals surface area contributed by atoms with Crippen LogP contribution in [0.5, 0.6) is 5.75 Å². The van der Waals surface area contributed by atoms with Crippen molar-refractivity contribution in [1.29, 1.82) is 0 Å². The van der Waals surface area contributed by atoms with Gasteiger partial charge in [-0.1, -0.05) is 12.1 Å². The van der Waals surface area contributed by atoms with Crippen molar-refractivity contribution >= 4 is 41.7 Å². The quantitative estimate of drug-likeness (QED) is 0.291. The lowest BCUT2D eigenvalue weighted by Crippen LogP contribution is -2.42. The fourth-order valence-electron chi connectivity index (χ4n) is 2.33. The van der Waals surface area contributed by atoms with Gasteiger partial charge in [0.1, 0.15) is 5.75 Å². The van der Waals surface area contributed by atoms with Gasteiger partial charge in [0.15, 0.2) is 5.96 Å². The number of hydrogen-bond donors (Lipinski definition) is 1. The van der Waals surface area contributed by atoms with Crippen molar-refractivity contribution in [3.63, 3.8) is 0 Å². The first-order chi connectivity index (χ1) is 11.1. The van der Waals surface area contributed by atoms with E-state index in [-0.39, 0.29) is 24.0 Å². The molecule has 0 saturated carbocycles. The summed E-state index contributed by atoms with van der Waals surface area (Å²) >= 11 is 1.97. The molecule has 1 heterocycles. The van der Waals surface area contributed by atoms with E-state index in [4.69, 9.17) is 10.5 Å². The first-order valence-electron chi connectivity index (χ1n) is 8.14. The first kappa shape index (κ1) is 21.4. The average molecular weight is 464 g/mol. The van der Waals surface area contributed by atoms with Crippen LogP contribution in [0.3, 0.4) is 0 Å². The molecule has 1 aliphatic heterocycles. The summed E-state index contributed by atoms with van der Waals surface area (Å²) in [6.45, 7) is 4.41. The van der Waals surface area contributed by atoms with Crippen LogP contribution < -0.4 is 10.5 Å². The highest BCUT2D eigenvalue weighted by Gasteiger charge is 2.11. The fourth-order valence-corrected chi connectivity index (χ4v) is 3.23. The molecule has 1 aromatic carbocycles. The van der Waals surface area contributed by atoms with Gasteiger partial charge in [0.05, 0.1) is 13.2 Å². The van der Waals surface area contributed by atoms with Gasteiger partial charge in [-0.2, -0.15) is 11.8 Å². The van der Waals surface area contributed by atoms with Crippen molar-refractivity contribution in [3.8, 4) is 5.75 Å². The second kappa shape index (κ2) is 11.8. The summed E-state index contributed by atoms with van der Waals surface area (Å²) in [6, 6.07) is 8.14. The Balaban J connectivity index is 0.00000288. The van der Waals surface area contributed by atoms with Crippen molar-refractivity contribution in [2.75, 3.05) is 51.8 Å². The standard InChI is InChI=1S/C17H28N4OS.HI/c1-20(2)8-3-11-22-16-6-4-15(5-7-16)14-19-17(18)21-9-12-23-13-10-21;/h4-7H,3,8-14H2,1-2H3,(H2,18,19);1H. The molecule has 0 amide bonds. The number of aliphatic imine (C=N–C) groups is 1. The molecule has 7 heteroatoms. The molecule has 1 fully saturated rings. The van der Waals surface area contributed by atoms with Gasteiger partial charge in [-0.3, -0.25) is 0 Å². The highest BCUT2D eigenvalue weighted by atomic mass is 127. The van der Waals surface area contributed by atoms with E-state index < -0.39 is 0 Å². The molecule has 0 unspecified atom stereocenters. The molecule has 2 N–H and O–H groups in total. The van der Waals surface area contributed by atoms with Gasteiger partial charge in [0.25, 0.3) is 0 Å². The Morgan fingerprint density at radius 1 is 1.25 bits per heavy atom. The molecule has 0 bridgehead atoms. The van der Waals surface area contributed by atoms with Gasteiger partial charge in [0, 0.05) is 31.1 Å². The van der Waals surface area contributed by atoms with Crippen molar-refractivity contribution in [2.24, 2.45) is 10.7 Å². The van der Waals surface area contributed by atoms with Crippen LogP contribution in [0.4, 0.5) is 0 Å². The number of nitrogens with zero attached hydrogens (tertiary/aromatic N) is 3. The Kier molecular flexibility index (Phi) is 10.5. The Labute approximate surface area is 167 Å². The van der Waals surface area contributed by atoms with Gasteiger partial charge in [0.2, 0.25) is 0 Å². The normalized spacial score (nSPS) is 15.3. The third-order valence-electron chi connectivity index (χ3n) is 3.70. The zero-order valence-electron chi connectivity index (χ0n) is 14.6. The van der Waals surface area contributed by atoms with Gasteiger partial charge >= 0.3 is 0 Å². The van der Waals surface area contributed by atoms with Crippen molar-refractivity contribution in [2.45, 2.75) is 13.0 Å². The minimum absolute atomic E-state index is 0. The van der Waals surface area contributed by atoms with E-state index in [9.17, 15) is 0 Å². The number of benzene rings is 1. The van der Waals surface area contributed by atoms with Crippen molar-refractivity contribution in [3.05, 3.63) is 29.8 Å². The lowest BCUT2D eigenvalue weighted by molar-refractivity contribution is 0.281. The summed E-state index contributed by atoms with van der Waals surface area (Å²) in [4.78, 5) is 8.84. The highest BCUT2D eigenvalue weighted by Crippen LogP contribution is 2.14. The minimum Gasteiger partial charge on any atom is -0.494 e. The third-order valence-corrected chi connectivity index (χ3v) is 4.64. The number of guanidine groups is 1. The molecule has 24 heavy (non-hydrogen) atoms. The van der Waals surface area contributed by atoms with Crippen LogP contribution in [0.1, 0.15) is 12.0 Å². The molecule has 1 aliphatic rings. The number of halogens is 1. The van der Waals surface area contributed by atoms with Crippen LogP contribution in [0.15, 0.2) is 29.3 Å². The van der Waals surface area contributed by atoms with Crippen LogP contribution >= 0.6 is 35.7 Å². The first-order valence-corrected chi connectivity index (χ1v) is 9.29. The second-order valence-corrected chi connectivity index (χ2v) is 7.15. The second-order valence-electron chi connectivity index (χ2n) is 5.92. The maximum atomic E-state index is 6.07. The summed E-state index contributed by atoms with van der Waals surface area (Å²) in [7, 11) is 4.15. The highest BCUT2D eigenvalue weighted by molar-refractivity contribution is 14.0. The molecule has 1 saturated heterocycles. The van der Waals surface area contributed by atoms with Gasteiger partial charge in [-0.15, -0.1) is 24.0 Å². The van der Waals surface area contributed by atoms with Gasteiger partial charge < -0.3 is 20.3 Å². The molecule has 0 aromatic heterocycles. The summed E-state index contributed by atoms with van der Waals surface area (Å²) in [6.07, 6.45) is 1.03. The molecule has 0 aliphatic carbocycles. The van der Waals surface area contributed by atoms with E-state index in [1.807, 2.05) is 23.9 Å². The third kappa shape index (κ3) is 7.94. The van der Waals surface area contributed by atoms with Crippen LogP contribution in [-0.2, 0) is 6.54 Å². The topological polar surface area (TPSA) is 54.1 Å². The molecule has 0 radical (unpaired) electrons. The average Bonchev–Trinajstić information content (AvgIpc) is 2.58. The number of hydrogen-bond acceptors (Lipinski definition) is 4. The SMILES string of the molecule is CN(C)CCCOc1ccc(CN=C(N)N2CCSCC2)cc1.I. The van der Waals surface area contributed by atoms with E-state index in [1.54, 1.807) is 0 Å². The molecule has 5 nitrogen and oxygen atoms in total. The molecule has 0 spiro atoms. The predicted molar refractivity (Wildman–Crippen MR) is 115 cm³/mol. The number of nitrogens with two attached hydrogens (primary N) is 1. The van der Waals surface area contributed by atoms with Crippen LogP contribution in [0.2, 0.25) is 0 Å². The largest absolute Gasteiger partial charge is 0.494 e. The number of thioether (sulfide) groups is 1. The van der Waals surface area contributed by atoms with E-state index in [2.05, 4.69) is 41.0 Å². The molecular formula is C17H29IN4OS. The Hall–Kier alpha value is -0.670. The van der Waals surface area contributed by atoms with E-state index in [0.29, 0.717) is 12.5 Å². The van der Waals surface area contributed by atoms with E-state index in [0.717, 1.165) is 55.5 Å². The molecule has 0 atom stereocenters. The van der Waals surface area contributed by atoms with Crippen molar-refractivity contribution < 1.29 is 4.74 Å². The number of rotatable bonds is 7. The summed E-state index contributed by atoms with van der Waals surface area (Å²) in [5.74, 6) is 3.85. The van der Waals surface area contributed by atoms with E-state index in [1.165, 1.54) is 0 Å². The van der Waals surface area contributed by atoms with Crippen molar-refractivity contribution in [1.82, 2.24) is 9.80 Å².